The Morgan fingerprint density at radius 1 is 1.36 bits per heavy atom. The molecule has 2 N–H and O–H groups in total. The third kappa shape index (κ3) is 18.0. The topological polar surface area (TPSA) is 55.6 Å². The minimum atomic E-state index is -2.72. The second-order valence-electron chi connectivity index (χ2n) is 3.55. The molecule has 0 aromatic rings. The van der Waals surface area contributed by atoms with Crippen molar-refractivity contribution in [1.82, 2.24) is 4.90 Å². The molecule has 0 aliphatic rings. The fraction of sp³-hybridized carbons (Fsp3) is 1.00. The van der Waals surface area contributed by atoms with E-state index in [2.05, 4.69) is 25.8 Å². The molecule has 14 heavy (non-hydrogen) atoms. The third-order valence-corrected chi connectivity index (χ3v) is 2.34. The third-order valence-electron chi connectivity index (χ3n) is 1.50. The lowest BCUT2D eigenvalue weighted by atomic mass is 10.5. The summed E-state index contributed by atoms with van der Waals surface area (Å²) < 4.78 is 15.4. The van der Waals surface area contributed by atoms with Crippen LogP contribution in [0.1, 0.15) is 27.7 Å². The van der Waals surface area contributed by atoms with Gasteiger partial charge >= 0.3 is 0 Å². The van der Waals surface area contributed by atoms with E-state index in [0.29, 0.717) is 0 Å². The number of nitrogens with two attached hydrogens (primary N) is 1. The van der Waals surface area contributed by atoms with Gasteiger partial charge in [0.15, 0.2) is 0 Å². The van der Waals surface area contributed by atoms with Crippen LogP contribution in [0.4, 0.5) is 0 Å². The first-order valence-electron chi connectivity index (χ1n) is 4.95. The minimum absolute atomic E-state index is 0.0455. The van der Waals surface area contributed by atoms with E-state index in [0.717, 1.165) is 13.1 Å². The molecule has 0 aliphatic heterocycles. The summed E-state index contributed by atoms with van der Waals surface area (Å²) in [5, 5.41) is 0. The zero-order valence-electron chi connectivity index (χ0n) is 10.3. The van der Waals surface area contributed by atoms with Crippen LogP contribution in [0.25, 0.3) is 0 Å². The van der Waals surface area contributed by atoms with Crippen LogP contribution in [-0.4, -0.2) is 37.8 Å². The fourth-order valence-corrected chi connectivity index (χ4v) is 1.48. The van der Waals surface area contributed by atoms with Crippen LogP contribution in [0.2, 0.25) is 0 Å². The van der Waals surface area contributed by atoms with Crippen LogP contribution in [0.15, 0.2) is 0 Å². The van der Waals surface area contributed by atoms with Crippen molar-refractivity contribution in [1.29, 1.82) is 0 Å². The smallest absolute Gasteiger partial charge is 0.264 e. The van der Waals surface area contributed by atoms with Gasteiger partial charge in [-0.05, 0) is 34.0 Å². The molecule has 0 aromatic carbocycles. The van der Waals surface area contributed by atoms with E-state index >= 15 is 0 Å². The van der Waals surface area contributed by atoms with Crippen molar-refractivity contribution in [2.24, 2.45) is 5.50 Å². The molecular weight excluding hydrogens is 199 g/mol. The van der Waals surface area contributed by atoms with Crippen LogP contribution in [0, 0.1) is 0 Å². The van der Waals surface area contributed by atoms with E-state index in [4.69, 9.17) is 10.0 Å². The maximum absolute atomic E-state index is 10.6. The van der Waals surface area contributed by atoms with Gasteiger partial charge in [-0.3, -0.25) is 10.1 Å². The molecule has 1 atom stereocenters. The lowest BCUT2D eigenvalue weighted by molar-refractivity contribution is 0.246. The molecule has 0 radical (unpaired) electrons. The van der Waals surface area contributed by atoms with Crippen molar-refractivity contribution in [2.75, 3.05) is 26.8 Å². The van der Waals surface area contributed by atoms with E-state index in [1.54, 1.807) is 13.8 Å². The zero-order valence-corrected chi connectivity index (χ0v) is 11.2. The number of hydrogen-bond donors (Lipinski definition) is 1. The van der Waals surface area contributed by atoms with Crippen molar-refractivity contribution in [3.05, 3.63) is 0 Å². The fourth-order valence-electron chi connectivity index (χ4n) is 0.642. The van der Waals surface area contributed by atoms with Gasteiger partial charge in [0, 0.05) is 6.66 Å². The van der Waals surface area contributed by atoms with Gasteiger partial charge in [-0.2, -0.15) is 0 Å². The molecule has 0 heterocycles. The van der Waals surface area contributed by atoms with Gasteiger partial charge in [-0.15, -0.1) is 0 Å². The Bertz CT molecular complexity index is 164. The summed E-state index contributed by atoms with van der Waals surface area (Å²) >= 11 is 0. The first-order chi connectivity index (χ1) is 6.22. The molecule has 0 saturated heterocycles. The number of rotatable bonds is 4. The SMILES string of the molecule is CC(C)OP(C)(N)=O.CCN(C)CC. The van der Waals surface area contributed by atoms with E-state index < -0.39 is 7.52 Å². The van der Waals surface area contributed by atoms with Crippen molar-refractivity contribution in [3.63, 3.8) is 0 Å². The van der Waals surface area contributed by atoms with Crippen LogP contribution < -0.4 is 5.50 Å². The van der Waals surface area contributed by atoms with Crippen molar-refractivity contribution >= 4 is 7.52 Å². The lowest BCUT2D eigenvalue weighted by Crippen LogP contribution is -2.15. The molecule has 88 valence electrons. The summed E-state index contributed by atoms with van der Waals surface area (Å²) in [5.74, 6) is 0. The quantitative estimate of drug-likeness (QED) is 0.743. The summed E-state index contributed by atoms with van der Waals surface area (Å²) in [4.78, 5) is 2.25. The molecule has 4 nitrogen and oxygen atoms in total. The molecule has 0 spiro atoms. The molecule has 0 aromatic heterocycles. The average molecular weight is 224 g/mol. The monoisotopic (exact) mass is 224 g/mol. The van der Waals surface area contributed by atoms with Crippen LogP contribution in [0.3, 0.4) is 0 Å². The standard InChI is InChI=1S/C5H13N.C4H12NO2P/c1-4-6(3)5-2;1-4(2)7-8(3,5)6/h4-5H2,1-3H3;4H,1-3H3,(H2,5,6). The highest BCUT2D eigenvalue weighted by molar-refractivity contribution is 7.55. The first-order valence-corrected chi connectivity index (χ1v) is 7.10. The molecule has 0 saturated carbocycles. The zero-order chi connectivity index (χ0) is 11.8. The molecule has 5 heteroatoms. The molecule has 0 aliphatic carbocycles. The van der Waals surface area contributed by atoms with Crippen molar-refractivity contribution in [2.45, 2.75) is 33.8 Å². The van der Waals surface area contributed by atoms with Crippen LogP contribution in [0.5, 0.6) is 0 Å². The van der Waals surface area contributed by atoms with Crippen LogP contribution >= 0.6 is 7.52 Å². The second kappa shape index (κ2) is 8.42. The van der Waals surface area contributed by atoms with Gasteiger partial charge in [0.25, 0.3) is 7.52 Å². The van der Waals surface area contributed by atoms with Gasteiger partial charge in [0.2, 0.25) is 0 Å². The van der Waals surface area contributed by atoms with Gasteiger partial charge in [-0.25, -0.2) is 0 Å². The first kappa shape index (κ1) is 16.5. The molecule has 1 unspecified atom stereocenters. The van der Waals surface area contributed by atoms with Crippen LogP contribution in [-0.2, 0) is 9.09 Å². The maximum atomic E-state index is 10.6. The highest BCUT2D eigenvalue weighted by Gasteiger charge is 2.08. The number of hydrogen-bond acceptors (Lipinski definition) is 3. The summed E-state index contributed by atoms with van der Waals surface area (Å²) in [6, 6.07) is 0. The largest absolute Gasteiger partial charge is 0.315 e. The van der Waals surface area contributed by atoms with Gasteiger partial charge in [0.1, 0.15) is 0 Å². The maximum Gasteiger partial charge on any atom is 0.264 e. The highest BCUT2D eigenvalue weighted by atomic mass is 31.2. The van der Waals surface area contributed by atoms with Crippen molar-refractivity contribution < 1.29 is 9.09 Å². The summed E-state index contributed by atoms with van der Waals surface area (Å²) in [6.45, 7) is 11.6. The second-order valence-corrected chi connectivity index (χ2v) is 5.58. The summed E-state index contributed by atoms with van der Waals surface area (Å²) in [5.41, 5.74) is 5.07. The van der Waals surface area contributed by atoms with Gasteiger partial charge in [-0.1, -0.05) is 13.8 Å². The molecule has 0 fully saturated rings. The predicted molar refractivity (Wildman–Crippen MR) is 62.8 cm³/mol. The molecular formula is C9H25N2O2P. The Morgan fingerprint density at radius 2 is 1.71 bits per heavy atom. The van der Waals surface area contributed by atoms with E-state index in [-0.39, 0.29) is 6.10 Å². The Morgan fingerprint density at radius 3 is 1.71 bits per heavy atom. The predicted octanol–water partition coefficient (Wildman–Crippen LogP) is 2.15. The Kier molecular flexibility index (Phi) is 9.95. The Hall–Kier alpha value is 0.110. The van der Waals surface area contributed by atoms with E-state index in [1.165, 1.54) is 6.66 Å². The Labute approximate surface area is 88.3 Å². The highest BCUT2D eigenvalue weighted by Crippen LogP contribution is 2.33. The minimum Gasteiger partial charge on any atom is -0.315 e. The summed E-state index contributed by atoms with van der Waals surface area (Å²) in [7, 11) is -0.611. The summed E-state index contributed by atoms with van der Waals surface area (Å²) in [6.07, 6.45) is -0.0455. The Balaban J connectivity index is 0. The van der Waals surface area contributed by atoms with Crippen molar-refractivity contribution in [3.8, 4) is 0 Å². The lowest BCUT2D eigenvalue weighted by Gasteiger charge is -2.09. The molecule has 0 amide bonds. The molecule has 0 rings (SSSR count). The normalized spacial score (nSPS) is 14.9. The molecule has 0 bridgehead atoms. The van der Waals surface area contributed by atoms with E-state index in [1.807, 2.05) is 0 Å². The van der Waals surface area contributed by atoms with E-state index in [9.17, 15) is 4.57 Å². The number of nitrogens with zero attached hydrogens (tertiary/aromatic N) is 1. The average Bonchev–Trinajstić information content (AvgIpc) is 1.99. The van der Waals surface area contributed by atoms with Gasteiger partial charge in [0.05, 0.1) is 6.10 Å². The van der Waals surface area contributed by atoms with Gasteiger partial charge < -0.3 is 9.42 Å².